The minimum atomic E-state index is -4.39. The van der Waals surface area contributed by atoms with E-state index in [4.69, 9.17) is 4.74 Å². The van der Waals surface area contributed by atoms with Crippen molar-refractivity contribution in [3.05, 3.63) is 59.7 Å². The molecule has 0 saturated carbocycles. The normalized spacial score (nSPS) is 16.2. The molecule has 2 N–H and O–H groups in total. The van der Waals surface area contributed by atoms with Crippen molar-refractivity contribution in [2.75, 3.05) is 18.5 Å². The second-order valence-corrected chi connectivity index (χ2v) is 5.46. The van der Waals surface area contributed by atoms with Crippen molar-refractivity contribution < 1.29 is 22.7 Å². The lowest BCUT2D eigenvalue weighted by molar-refractivity contribution is -0.137. The molecule has 2 amide bonds. The largest absolute Gasteiger partial charge is 0.493 e. The minimum absolute atomic E-state index is 0.0551. The lowest BCUT2D eigenvalue weighted by atomic mass is 10.0. The maximum absolute atomic E-state index is 12.5. The number of fused-ring (bicyclic) bond motifs is 1. The summed E-state index contributed by atoms with van der Waals surface area (Å²) in [6, 6.07) is 11.4. The average molecular weight is 336 g/mol. The first-order valence-corrected chi connectivity index (χ1v) is 7.37. The van der Waals surface area contributed by atoms with Crippen LogP contribution >= 0.6 is 0 Å². The van der Waals surface area contributed by atoms with Gasteiger partial charge in [0.05, 0.1) is 12.2 Å². The molecule has 1 aliphatic heterocycles. The number of ether oxygens (including phenoxy) is 1. The van der Waals surface area contributed by atoms with Gasteiger partial charge in [0.15, 0.2) is 0 Å². The maximum Gasteiger partial charge on any atom is 0.416 e. The van der Waals surface area contributed by atoms with Crippen LogP contribution in [0.25, 0.3) is 0 Å². The molecule has 1 unspecified atom stereocenters. The summed E-state index contributed by atoms with van der Waals surface area (Å²) in [4.78, 5) is 11.9. The van der Waals surface area contributed by atoms with Crippen molar-refractivity contribution in [3.63, 3.8) is 0 Å². The monoisotopic (exact) mass is 336 g/mol. The van der Waals surface area contributed by atoms with Gasteiger partial charge in [0.2, 0.25) is 0 Å². The molecule has 0 radical (unpaired) electrons. The van der Waals surface area contributed by atoms with Crippen LogP contribution in [0.3, 0.4) is 0 Å². The number of hydrogen-bond acceptors (Lipinski definition) is 2. The van der Waals surface area contributed by atoms with E-state index in [2.05, 4.69) is 10.6 Å². The molecule has 7 heteroatoms. The highest BCUT2D eigenvalue weighted by Crippen LogP contribution is 2.33. The van der Waals surface area contributed by atoms with Crippen molar-refractivity contribution in [2.24, 2.45) is 0 Å². The van der Waals surface area contributed by atoms with Crippen molar-refractivity contribution >= 4 is 11.7 Å². The Morgan fingerprint density at radius 3 is 2.54 bits per heavy atom. The number of anilines is 1. The molecule has 0 fully saturated rings. The summed E-state index contributed by atoms with van der Waals surface area (Å²) in [5.41, 5.74) is 0.573. The lowest BCUT2D eigenvalue weighted by Gasteiger charge is -2.12. The second-order valence-electron chi connectivity index (χ2n) is 5.46. The first-order chi connectivity index (χ1) is 11.4. The van der Waals surface area contributed by atoms with Crippen LogP contribution in [0.15, 0.2) is 48.5 Å². The number of nitrogens with one attached hydrogen (secondary N) is 2. The summed E-state index contributed by atoms with van der Waals surface area (Å²) in [5.74, 6) is 0.868. The highest BCUT2D eigenvalue weighted by Gasteiger charge is 2.30. The van der Waals surface area contributed by atoms with Crippen LogP contribution in [0, 0.1) is 0 Å². The zero-order valence-corrected chi connectivity index (χ0v) is 12.6. The number of alkyl halides is 3. The molecule has 1 heterocycles. The van der Waals surface area contributed by atoms with Gasteiger partial charge >= 0.3 is 12.2 Å². The first-order valence-electron chi connectivity index (χ1n) is 7.37. The van der Waals surface area contributed by atoms with Crippen molar-refractivity contribution in [1.82, 2.24) is 5.32 Å². The molecule has 24 heavy (non-hydrogen) atoms. The smallest absolute Gasteiger partial charge is 0.416 e. The molecule has 3 rings (SSSR count). The Labute approximate surface area is 136 Å². The summed E-state index contributed by atoms with van der Waals surface area (Å²) in [5, 5.41) is 5.22. The van der Waals surface area contributed by atoms with Crippen LogP contribution in [0.2, 0.25) is 0 Å². The van der Waals surface area contributed by atoms with Crippen molar-refractivity contribution in [3.8, 4) is 5.75 Å². The van der Waals surface area contributed by atoms with E-state index in [1.165, 1.54) is 12.1 Å². The van der Waals surface area contributed by atoms with E-state index in [0.717, 1.165) is 23.4 Å². The standard InChI is InChI=1S/C17H15F3N2O2/c18-17(19,20)12-5-7-13(8-6-12)22-16(23)21-9-11-10-24-15-4-2-1-3-14(11)15/h1-8,11H,9-10H2,(H2,21,22,23). The molecule has 1 aliphatic rings. The molecule has 1 atom stereocenters. The molecular weight excluding hydrogens is 321 g/mol. The first kappa shape index (κ1) is 16.2. The Hall–Kier alpha value is -2.70. The van der Waals surface area contributed by atoms with Gasteiger partial charge in [-0.1, -0.05) is 18.2 Å². The van der Waals surface area contributed by atoms with E-state index in [1.54, 1.807) is 0 Å². The van der Waals surface area contributed by atoms with Crippen LogP contribution in [0.1, 0.15) is 17.0 Å². The molecule has 0 aliphatic carbocycles. The van der Waals surface area contributed by atoms with Gasteiger partial charge in [-0.2, -0.15) is 13.2 Å². The van der Waals surface area contributed by atoms with E-state index in [1.807, 2.05) is 24.3 Å². The number of rotatable bonds is 3. The molecule has 0 bridgehead atoms. The quantitative estimate of drug-likeness (QED) is 0.890. The average Bonchev–Trinajstić information content (AvgIpc) is 2.96. The minimum Gasteiger partial charge on any atom is -0.493 e. The van der Waals surface area contributed by atoms with E-state index < -0.39 is 17.8 Å². The number of carbonyl (C=O) groups is 1. The molecule has 0 spiro atoms. The van der Waals surface area contributed by atoms with Gasteiger partial charge in [0.1, 0.15) is 5.75 Å². The molecule has 0 saturated heterocycles. The third kappa shape index (κ3) is 3.61. The zero-order chi connectivity index (χ0) is 17.2. The number of halogens is 3. The molecule has 0 aromatic heterocycles. The van der Waals surface area contributed by atoms with E-state index in [-0.39, 0.29) is 5.92 Å². The van der Waals surface area contributed by atoms with Gasteiger partial charge in [-0.05, 0) is 30.3 Å². The third-order valence-corrected chi connectivity index (χ3v) is 3.78. The molecule has 126 valence electrons. The number of carbonyl (C=O) groups excluding carboxylic acids is 1. The highest BCUT2D eigenvalue weighted by atomic mass is 19.4. The maximum atomic E-state index is 12.5. The molecule has 4 nitrogen and oxygen atoms in total. The van der Waals surface area contributed by atoms with Crippen LogP contribution < -0.4 is 15.4 Å². The van der Waals surface area contributed by atoms with Gasteiger partial charge in [0.25, 0.3) is 0 Å². The van der Waals surface area contributed by atoms with Gasteiger partial charge < -0.3 is 15.4 Å². The zero-order valence-electron chi connectivity index (χ0n) is 12.6. The Balaban J connectivity index is 1.53. The fourth-order valence-corrected chi connectivity index (χ4v) is 2.53. The summed E-state index contributed by atoms with van der Waals surface area (Å²) < 4.78 is 43.0. The predicted molar refractivity (Wildman–Crippen MR) is 83.1 cm³/mol. The van der Waals surface area contributed by atoms with Gasteiger partial charge in [0, 0.05) is 23.7 Å². The van der Waals surface area contributed by atoms with E-state index >= 15 is 0 Å². The Morgan fingerprint density at radius 1 is 1.12 bits per heavy atom. The van der Waals surface area contributed by atoms with Gasteiger partial charge in [-0.3, -0.25) is 0 Å². The van der Waals surface area contributed by atoms with E-state index in [0.29, 0.717) is 18.8 Å². The summed E-state index contributed by atoms with van der Waals surface area (Å²) in [7, 11) is 0. The molecule has 2 aromatic rings. The van der Waals surface area contributed by atoms with Gasteiger partial charge in [-0.15, -0.1) is 0 Å². The third-order valence-electron chi connectivity index (χ3n) is 3.78. The summed E-state index contributed by atoms with van der Waals surface area (Å²) >= 11 is 0. The lowest BCUT2D eigenvalue weighted by Crippen LogP contribution is -2.32. The fourth-order valence-electron chi connectivity index (χ4n) is 2.53. The van der Waals surface area contributed by atoms with Crippen molar-refractivity contribution in [1.29, 1.82) is 0 Å². The number of hydrogen-bond donors (Lipinski definition) is 2. The predicted octanol–water partition coefficient (Wildman–Crippen LogP) is 4.00. The Bertz CT molecular complexity index is 729. The van der Waals surface area contributed by atoms with Crippen molar-refractivity contribution in [2.45, 2.75) is 12.1 Å². The summed E-state index contributed by atoms with van der Waals surface area (Å²) in [6.45, 7) is 0.864. The second kappa shape index (κ2) is 6.43. The van der Waals surface area contributed by atoms with Gasteiger partial charge in [-0.25, -0.2) is 4.79 Å². The highest BCUT2D eigenvalue weighted by molar-refractivity contribution is 5.89. The van der Waals surface area contributed by atoms with Crippen LogP contribution in [-0.2, 0) is 6.18 Å². The molecule has 2 aromatic carbocycles. The van der Waals surface area contributed by atoms with Crippen LogP contribution in [-0.4, -0.2) is 19.2 Å². The summed E-state index contributed by atoms with van der Waals surface area (Å²) in [6.07, 6.45) is -4.39. The number of amides is 2. The fraction of sp³-hybridized carbons (Fsp3) is 0.235. The number of urea groups is 1. The number of para-hydroxylation sites is 1. The Kier molecular flexibility index (Phi) is 4.33. The van der Waals surface area contributed by atoms with E-state index in [9.17, 15) is 18.0 Å². The topological polar surface area (TPSA) is 50.4 Å². The van der Waals surface area contributed by atoms with Crippen LogP contribution in [0.4, 0.5) is 23.7 Å². The number of benzene rings is 2. The Morgan fingerprint density at radius 2 is 1.83 bits per heavy atom. The molecular formula is C17H15F3N2O2. The SMILES string of the molecule is O=C(NCC1COc2ccccc21)Nc1ccc(C(F)(F)F)cc1. The van der Waals surface area contributed by atoms with Crippen LogP contribution in [0.5, 0.6) is 5.75 Å².